The number of carbonyl (C=O) groups excluding carboxylic acids is 1. The Kier molecular flexibility index (Phi) is 6.49. The van der Waals surface area contributed by atoms with Crippen molar-refractivity contribution in [3.63, 3.8) is 0 Å². The Hall–Kier alpha value is -3.35. The zero-order chi connectivity index (χ0) is 20.7. The van der Waals surface area contributed by atoms with Crippen molar-refractivity contribution >= 4 is 21.9 Å². The van der Waals surface area contributed by atoms with Crippen LogP contribution in [-0.2, 0) is 14.8 Å². The lowest BCUT2D eigenvalue weighted by molar-refractivity contribution is 0.0961. The summed E-state index contributed by atoms with van der Waals surface area (Å²) in [7, 11) is -2.29. The molecule has 0 spiro atoms. The van der Waals surface area contributed by atoms with E-state index in [4.69, 9.17) is 9.26 Å². The monoisotopic (exact) mass is 418 g/mol. The van der Waals surface area contributed by atoms with Crippen LogP contribution in [0.25, 0.3) is 11.4 Å². The van der Waals surface area contributed by atoms with E-state index in [0.29, 0.717) is 11.4 Å². The predicted octanol–water partition coefficient (Wildman–Crippen LogP) is 0.813. The van der Waals surface area contributed by atoms with Crippen molar-refractivity contribution in [2.45, 2.75) is 4.90 Å². The van der Waals surface area contributed by atoms with E-state index in [2.05, 4.69) is 30.7 Å². The molecule has 0 radical (unpaired) electrons. The van der Waals surface area contributed by atoms with E-state index in [1.807, 2.05) is 0 Å². The molecule has 0 aliphatic heterocycles. The van der Waals surface area contributed by atoms with Crippen LogP contribution in [0.5, 0.6) is 0 Å². The number of nitrogens with one attached hydrogen (secondary N) is 3. The molecule has 0 fully saturated rings. The van der Waals surface area contributed by atoms with E-state index >= 15 is 0 Å². The van der Waals surface area contributed by atoms with E-state index in [1.165, 1.54) is 31.4 Å². The topological polar surface area (TPSA) is 148 Å². The average Bonchev–Trinajstić information content (AvgIpc) is 3.22. The number of hydrazine groups is 1. The Morgan fingerprint density at radius 3 is 2.76 bits per heavy atom. The van der Waals surface area contributed by atoms with Crippen LogP contribution in [0.4, 0.5) is 6.01 Å². The van der Waals surface area contributed by atoms with Crippen molar-refractivity contribution < 1.29 is 22.5 Å². The SMILES string of the molecule is COCCNS(=O)(=O)c1cccc(C(=O)NNc2nc(-c3ccncc3)no2)c1. The number of aromatic nitrogens is 3. The van der Waals surface area contributed by atoms with E-state index in [9.17, 15) is 13.2 Å². The Balaban J connectivity index is 1.64. The standard InChI is InChI=1S/C17H18N6O5S/c1-27-10-9-19-29(25,26)14-4-2-3-13(11-14)16(24)21-22-17-20-15(23-28-17)12-5-7-18-8-6-12/h2-8,11,19H,9-10H2,1H3,(H,21,24)(H,20,22,23). The lowest BCUT2D eigenvalue weighted by Gasteiger charge is -2.08. The Morgan fingerprint density at radius 2 is 2.00 bits per heavy atom. The van der Waals surface area contributed by atoms with Crippen molar-refractivity contribution in [3.05, 3.63) is 54.4 Å². The molecule has 11 nitrogen and oxygen atoms in total. The first-order valence-corrected chi connectivity index (χ1v) is 9.87. The molecule has 2 aromatic heterocycles. The first-order valence-electron chi connectivity index (χ1n) is 8.39. The lowest BCUT2D eigenvalue weighted by atomic mass is 10.2. The number of amides is 1. The van der Waals surface area contributed by atoms with Gasteiger partial charge in [0.25, 0.3) is 5.91 Å². The second-order valence-corrected chi connectivity index (χ2v) is 7.42. The van der Waals surface area contributed by atoms with Crippen LogP contribution < -0.4 is 15.6 Å². The van der Waals surface area contributed by atoms with Crippen LogP contribution >= 0.6 is 0 Å². The summed E-state index contributed by atoms with van der Waals surface area (Å²) in [6.07, 6.45) is 3.18. The molecule has 2 heterocycles. The van der Waals surface area contributed by atoms with Gasteiger partial charge in [0, 0.05) is 37.2 Å². The molecule has 12 heteroatoms. The number of sulfonamides is 1. The highest BCUT2D eigenvalue weighted by Crippen LogP contribution is 2.16. The summed E-state index contributed by atoms with van der Waals surface area (Å²) >= 11 is 0. The van der Waals surface area contributed by atoms with Crippen LogP contribution in [0.1, 0.15) is 10.4 Å². The lowest BCUT2D eigenvalue weighted by Crippen LogP contribution is -2.30. The molecule has 0 unspecified atom stereocenters. The number of anilines is 1. The van der Waals surface area contributed by atoms with Crippen LogP contribution in [0, 0.1) is 0 Å². The van der Waals surface area contributed by atoms with Crippen molar-refractivity contribution in [1.82, 2.24) is 25.3 Å². The Bertz CT molecular complexity index is 1070. The van der Waals surface area contributed by atoms with Crippen LogP contribution in [-0.4, -0.2) is 49.7 Å². The smallest absolute Gasteiger partial charge is 0.340 e. The molecule has 3 N–H and O–H groups in total. The van der Waals surface area contributed by atoms with Crippen molar-refractivity contribution in [2.24, 2.45) is 0 Å². The van der Waals surface area contributed by atoms with E-state index < -0.39 is 15.9 Å². The molecule has 29 heavy (non-hydrogen) atoms. The van der Waals surface area contributed by atoms with Gasteiger partial charge in [-0.2, -0.15) is 4.98 Å². The quantitative estimate of drug-likeness (QED) is 0.339. The van der Waals surface area contributed by atoms with E-state index in [-0.39, 0.29) is 29.6 Å². The van der Waals surface area contributed by atoms with Crippen molar-refractivity contribution in [2.75, 3.05) is 25.7 Å². The predicted molar refractivity (Wildman–Crippen MR) is 102 cm³/mol. The zero-order valence-electron chi connectivity index (χ0n) is 15.3. The molecule has 0 saturated heterocycles. The minimum absolute atomic E-state index is 0.0322. The van der Waals surface area contributed by atoms with Crippen molar-refractivity contribution in [1.29, 1.82) is 0 Å². The molecule has 152 valence electrons. The van der Waals surface area contributed by atoms with Crippen LogP contribution in [0.2, 0.25) is 0 Å². The fraction of sp³-hybridized carbons (Fsp3) is 0.176. The second-order valence-electron chi connectivity index (χ2n) is 5.66. The Morgan fingerprint density at radius 1 is 1.21 bits per heavy atom. The molecule has 1 aromatic carbocycles. The largest absolute Gasteiger partial charge is 0.383 e. The van der Waals surface area contributed by atoms with Gasteiger partial charge in [-0.05, 0) is 30.3 Å². The van der Waals surface area contributed by atoms with Crippen LogP contribution in [0.15, 0.2) is 58.2 Å². The summed E-state index contributed by atoms with van der Waals surface area (Å²) in [4.78, 5) is 20.3. The van der Waals surface area contributed by atoms with Gasteiger partial charge in [-0.15, -0.1) is 0 Å². The molecular weight excluding hydrogens is 400 g/mol. The van der Waals surface area contributed by atoms with Gasteiger partial charge >= 0.3 is 6.01 Å². The minimum Gasteiger partial charge on any atom is -0.383 e. The number of rotatable bonds is 9. The molecule has 3 rings (SSSR count). The number of pyridine rings is 1. The third kappa shape index (κ3) is 5.34. The maximum Gasteiger partial charge on any atom is 0.340 e. The summed E-state index contributed by atoms with van der Waals surface area (Å²) in [5, 5.41) is 3.79. The number of carbonyl (C=O) groups is 1. The summed E-state index contributed by atoms with van der Waals surface area (Å²) in [5.41, 5.74) is 5.70. The van der Waals surface area contributed by atoms with Crippen molar-refractivity contribution in [3.8, 4) is 11.4 Å². The van der Waals surface area contributed by atoms with E-state index in [0.717, 1.165) is 0 Å². The fourth-order valence-electron chi connectivity index (χ4n) is 2.24. The highest BCUT2D eigenvalue weighted by Gasteiger charge is 2.16. The molecular formula is C17H18N6O5S. The normalized spacial score (nSPS) is 11.2. The van der Waals surface area contributed by atoms with Gasteiger partial charge < -0.3 is 9.26 Å². The first kappa shape index (κ1) is 20.4. The number of hydrogen-bond acceptors (Lipinski definition) is 9. The Labute approximate surface area is 166 Å². The summed E-state index contributed by atoms with van der Waals surface area (Å²) in [6.45, 7) is 0.350. The highest BCUT2D eigenvalue weighted by atomic mass is 32.2. The molecule has 0 aliphatic carbocycles. The van der Waals surface area contributed by atoms with Gasteiger partial charge in [-0.25, -0.2) is 18.6 Å². The number of benzene rings is 1. The maximum atomic E-state index is 12.3. The van der Waals surface area contributed by atoms with E-state index in [1.54, 1.807) is 24.5 Å². The molecule has 0 saturated carbocycles. The zero-order valence-corrected chi connectivity index (χ0v) is 16.1. The maximum absolute atomic E-state index is 12.3. The molecule has 0 atom stereocenters. The average molecular weight is 418 g/mol. The fourth-order valence-corrected chi connectivity index (χ4v) is 3.30. The van der Waals surface area contributed by atoms with Gasteiger partial charge in [0.2, 0.25) is 15.8 Å². The van der Waals surface area contributed by atoms with Gasteiger partial charge in [0.05, 0.1) is 11.5 Å². The van der Waals surface area contributed by atoms with Gasteiger partial charge in [0.15, 0.2) is 0 Å². The summed E-state index contributed by atoms with van der Waals surface area (Å²) in [6, 6.07) is 8.96. The molecule has 0 bridgehead atoms. The summed E-state index contributed by atoms with van der Waals surface area (Å²) < 4.78 is 36.7. The number of ether oxygens (including phenoxy) is 1. The minimum atomic E-state index is -3.76. The summed E-state index contributed by atoms with van der Waals surface area (Å²) in [5.74, 6) is -0.262. The van der Waals surface area contributed by atoms with Gasteiger partial charge in [0.1, 0.15) is 0 Å². The van der Waals surface area contributed by atoms with Gasteiger partial charge in [-0.3, -0.25) is 15.2 Å². The highest BCUT2D eigenvalue weighted by molar-refractivity contribution is 7.89. The van der Waals surface area contributed by atoms with Gasteiger partial charge in [-0.1, -0.05) is 11.2 Å². The molecule has 1 amide bonds. The first-order chi connectivity index (χ1) is 14.0. The molecule has 0 aliphatic rings. The number of hydrogen-bond donors (Lipinski definition) is 3. The number of nitrogens with zero attached hydrogens (tertiary/aromatic N) is 3. The second kappa shape index (κ2) is 9.23. The third-order valence-electron chi connectivity index (χ3n) is 3.65. The number of methoxy groups -OCH3 is 1. The molecule has 3 aromatic rings. The third-order valence-corrected chi connectivity index (χ3v) is 5.11. The van der Waals surface area contributed by atoms with Crippen LogP contribution in [0.3, 0.4) is 0 Å².